The third-order valence-electron chi connectivity index (χ3n) is 4.23. The van der Waals surface area contributed by atoms with Crippen LogP contribution in [-0.2, 0) is 11.2 Å². The van der Waals surface area contributed by atoms with E-state index in [1.165, 1.54) is 12.1 Å². The first-order valence-corrected chi connectivity index (χ1v) is 6.64. The minimum absolute atomic E-state index is 0.00278. The molecule has 0 aromatic heterocycles. The van der Waals surface area contributed by atoms with E-state index in [2.05, 4.69) is 5.32 Å². The molecule has 1 aliphatic rings. The summed E-state index contributed by atoms with van der Waals surface area (Å²) < 4.78 is 26.8. The molecule has 1 aromatic rings. The lowest BCUT2D eigenvalue weighted by Gasteiger charge is -2.31. The average Bonchev–Trinajstić information content (AvgIpc) is 2.85. The van der Waals surface area contributed by atoms with Crippen LogP contribution in [0.1, 0.15) is 25.8 Å². The molecule has 1 aromatic carbocycles. The molecule has 1 saturated heterocycles. The van der Waals surface area contributed by atoms with Crippen LogP contribution < -0.4 is 5.32 Å². The van der Waals surface area contributed by atoms with Crippen LogP contribution in [0.3, 0.4) is 0 Å². The van der Waals surface area contributed by atoms with Gasteiger partial charge in [0.25, 0.3) is 0 Å². The zero-order valence-corrected chi connectivity index (χ0v) is 11.3. The second kappa shape index (κ2) is 5.37. The van der Waals surface area contributed by atoms with E-state index < -0.39 is 17.0 Å². The summed E-state index contributed by atoms with van der Waals surface area (Å²) in [6, 6.07) is 3.99. The molecule has 1 unspecified atom stereocenters. The van der Waals surface area contributed by atoms with Crippen molar-refractivity contribution in [3.8, 4) is 0 Å². The molecule has 0 aliphatic carbocycles. The summed E-state index contributed by atoms with van der Waals surface area (Å²) in [4.78, 5) is 12.5. The van der Waals surface area contributed by atoms with Crippen molar-refractivity contribution in [1.29, 1.82) is 0 Å². The molecule has 4 heteroatoms. The highest BCUT2D eigenvalue weighted by atomic mass is 19.2. The first-order chi connectivity index (χ1) is 8.97. The molecule has 1 fully saturated rings. The van der Waals surface area contributed by atoms with Crippen LogP contribution in [0.25, 0.3) is 0 Å². The second-order valence-corrected chi connectivity index (χ2v) is 5.55. The number of nitrogens with one attached hydrogen (secondary N) is 1. The lowest BCUT2D eigenvalue weighted by Crippen LogP contribution is -2.39. The Labute approximate surface area is 112 Å². The van der Waals surface area contributed by atoms with Crippen molar-refractivity contribution in [2.45, 2.75) is 26.7 Å². The van der Waals surface area contributed by atoms with E-state index in [0.29, 0.717) is 6.54 Å². The molecule has 1 N–H and O–H groups in total. The fourth-order valence-corrected chi connectivity index (χ4v) is 2.80. The lowest BCUT2D eigenvalue weighted by molar-refractivity contribution is -0.129. The number of carbonyl (C=O) groups is 1. The summed E-state index contributed by atoms with van der Waals surface area (Å²) in [5, 5.41) is 3.20. The van der Waals surface area contributed by atoms with Gasteiger partial charge in [0.2, 0.25) is 0 Å². The molecule has 0 radical (unpaired) electrons. The molecule has 0 bridgehead atoms. The summed E-state index contributed by atoms with van der Waals surface area (Å²) >= 11 is 0. The SMILES string of the molecule is CC(C)C1(C(=O)Cc2cccc(F)c2F)CCNC1. The molecule has 1 heterocycles. The van der Waals surface area contributed by atoms with Crippen LogP contribution >= 0.6 is 0 Å². The van der Waals surface area contributed by atoms with Gasteiger partial charge in [-0.15, -0.1) is 0 Å². The van der Waals surface area contributed by atoms with E-state index >= 15 is 0 Å². The Bertz CT molecular complexity index is 479. The Morgan fingerprint density at radius 1 is 1.42 bits per heavy atom. The summed E-state index contributed by atoms with van der Waals surface area (Å²) in [6.45, 7) is 5.44. The van der Waals surface area contributed by atoms with Crippen molar-refractivity contribution in [2.24, 2.45) is 11.3 Å². The largest absolute Gasteiger partial charge is 0.316 e. The standard InChI is InChI=1S/C15H19F2NO/c1-10(2)15(6-7-18-9-15)13(19)8-11-4-3-5-12(16)14(11)17/h3-5,10,18H,6-9H2,1-2H3. The summed E-state index contributed by atoms with van der Waals surface area (Å²) in [5.74, 6) is -1.61. The average molecular weight is 267 g/mol. The van der Waals surface area contributed by atoms with E-state index in [1.807, 2.05) is 13.8 Å². The normalized spacial score (nSPS) is 23.0. The number of carbonyl (C=O) groups excluding carboxylic acids is 1. The molecule has 0 spiro atoms. The molecule has 19 heavy (non-hydrogen) atoms. The Balaban J connectivity index is 2.23. The van der Waals surface area contributed by atoms with Crippen molar-refractivity contribution >= 4 is 5.78 Å². The number of ketones is 1. The molecule has 2 rings (SSSR count). The van der Waals surface area contributed by atoms with Crippen LogP contribution in [0.2, 0.25) is 0 Å². The van der Waals surface area contributed by atoms with Gasteiger partial charge in [-0.25, -0.2) is 8.78 Å². The van der Waals surface area contributed by atoms with Crippen molar-refractivity contribution in [3.05, 3.63) is 35.4 Å². The molecule has 104 valence electrons. The lowest BCUT2D eigenvalue weighted by atomic mass is 9.71. The van der Waals surface area contributed by atoms with E-state index in [4.69, 9.17) is 0 Å². The summed E-state index contributed by atoms with van der Waals surface area (Å²) in [7, 11) is 0. The number of benzene rings is 1. The van der Waals surface area contributed by atoms with Gasteiger partial charge < -0.3 is 5.32 Å². The van der Waals surface area contributed by atoms with Gasteiger partial charge in [0.05, 0.1) is 0 Å². The topological polar surface area (TPSA) is 29.1 Å². The number of rotatable bonds is 4. The van der Waals surface area contributed by atoms with Gasteiger partial charge in [0, 0.05) is 18.4 Å². The van der Waals surface area contributed by atoms with Crippen molar-refractivity contribution in [3.63, 3.8) is 0 Å². The predicted octanol–water partition coefficient (Wildman–Crippen LogP) is 2.71. The van der Waals surface area contributed by atoms with Gasteiger partial charge in [-0.1, -0.05) is 26.0 Å². The maximum atomic E-state index is 13.6. The first kappa shape index (κ1) is 14.1. The highest BCUT2D eigenvalue weighted by Crippen LogP contribution is 2.36. The third kappa shape index (κ3) is 2.54. The monoisotopic (exact) mass is 267 g/mol. The molecule has 1 atom stereocenters. The van der Waals surface area contributed by atoms with Crippen LogP contribution in [0.15, 0.2) is 18.2 Å². The van der Waals surface area contributed by atoms with Gasteiger partial charge in [-0.05, 0) is 30.5 Å². The molecule has 0 saturated carbocycles. The fraction of sp³-hybridized carbons (Fsp3) is 0.533. The van der Waals surface area contributed by atoms with Crippen LogP contribution in [0.4, 0.5) is 8.78 Å². The quantitative estimate of drug-likeness (QED) is 0.908. The maximum absolute atomic E-state index is 13.6. The number of hydrogen-bond acceptors (Lipinski definition) is 2. The number of Topliss-reactive ketones (excluding diaryl/α,β-unsaturated/α-hetero) is 1. The van der Waals surface area contributed by atoms with Crippen molar-refractivity contribution in [2.75, 3.05) is 13.1 Å². The highest BCUT2D eigenvalue weighted by Gasteiger charge is 2.43. The molecular weight excluding hydrogens is 248 g/mol. The van der Waals surface area contributed by atoms with E-state index in [0.717, 1.165) is 19.0 Å². The predicted molar refractivity (Wildman–Crippen MR) is 69.8 cm³/mol. The van der Waals surface area contributed by atoms with Crippen molar-refractivity contribution in [1.82, 2.24) is 5.32 Å². The number of halogens is 2. The van der Waals surface area contributed by atoms with Gasteiger partial charge in [0.1, 0.15) is 5.78 Å². The van der Waals surface area contributed by atoms with E-state index in [9.17, 15) is 13.6 Å². The Morgan fingerprint density at radius 3 is 2.74 bits per heavy atom. The zero-order valence-electron chi connectivity index (χ0n) is 11.3. The van der Waals surface area contributed by atoms with Crippen LogP contribution in [0, 0.1) is 23.0 Å². The van der Waals surface area contributed by atoms with Gasteiger partial charge >= 0.3 is 0 Å². The van der Waals surface area contributed by atoms with E-state index in [1.54, 1.807) is 0 Å². The summed E-state index contributed by atoms with van der Waals surface area (Å²) in [5.41, 5.74) is -0.296. The molecule has 2 nitrogen and oxygen atoms in total. The van der Waals surface area contributed by atoms with Gasteiger partial charge in [-0.3, -0.25) is 4.79 Å². The minimum atomic E-state index is -0.902. The number of hydrogen-bond donors (Lipinski definition) is 1. The van der Waals surface area contributed by atoms with E-state index in [-0.39, 0.29) is 23.7 Å². The van der Waals surface area contributed by atoms with Gasteiger partial charge in [-0.2, -0.15) is 0 Å². The first-order valence-electron chi connectivity index (χ1n) is 6.64. The van der Waals surface area contributed by atoms with Crippen LogP contribution in [-0.4, -0.2) is 18.9 Å². The minimum Gasteiger partial charge on any atom is -0.316 e. The second-order valence-electron chi connectivity index (χ2n) is 5.55. The highest BCUT2D eigenvalue weighted by molar-refractivity contribution is 5.87. The Morgan fingerprint density at radius 2 is 2.16 bits per heavy atom. The fourth-order valence-electron chi connectivity index (χ4n) is 2.80. The maximum Gasteiger partial charge on any atom is 0.162 e. The van der Waals surface area contributed by atoms with Crippen LogP contribution in [0.5, 0.6) is 0 Å². The Hall–Kier alpha value is -1.29. The smallest absolute Gasteiger partial charge is 0.162 e. The zero-order chi connectivity index (χ0) is 14.0. The molecule has 0 amide bonds. The third-order valence-corrected chi connectivity index (χ3v) is 4.23. The Kier molecular flexibility index (Phi) is 3.99. The summed E-state index contributed by atoms with van der Waals surface area (Å²) in [6.07, 6.45) is 0.726. The molecule has 1 aliphatic heterocycles. The van der Waals surface area contributed by atoms with Gasteiger partial charge in [0.15, 0.2) is 11.6 Å². The molecular formula is C15H19F2NO. The van der Waals surface area contributed by atoms with Crippen molar-refractivity contribution < 1.29 is 13.6 Å².